The van der Waals surface area contributed by atoms with Gasteiger partial charge in [0, 0.05) is 12.1 Å². The molecule has 20 heavy (non-hydrogen) atoms. The summed E-state index contributed by atoms with van der Waals surface area (Å²) in [6, 6.07) is 0.142. The van der Waals surface area contributed by atoms with Gasteiger partial charge >= 0.3 is 0 Å². The van der Waals surface area contributed by atoms with Crippen molar-refractivity contribution in [3.8, 4) is 0 Å². The molecule has 0 amide bonds. The number of halogens is 1. The van der Waals surface area contributed by atoms with Gasteiger partial charge in [-0.25, -0.2) is 21.6 Å². The first kappa shape index (κ1) is 15.6. The second-order valence-corrected chi connectivity index (χ2v) is 10.0. The highest BCUT2D eigenvalue weighted by Gasteiger charge is 2.33. The Balaban J connectivity index is 2.23. The molecule has 0 radical (unpaired) electrons. The van der Waals surface area contributed by atoms with E-state index in [0.717, 1.165) is 6.07 Å². The topological polar surface area (TPSA) is 123 Å². The lowest BCUT2D eigenvalue weighted by molar-refractivity contribution is -0.384. The van der Waals surface area contributed by atoms with Gasteiger partial charge in [0.1, 0.15) is 4.21 Å². The predicted octanol–water partition coefficient (Wildman–Crippen LogP) is 0.775. The maximum Gasteiger partial charge on any atom is 0.300 e. The molecule has 2 rings (SSSR count). The Kier molecular flexibility index (Phi) is 4.08. The summed E-state index contributed by atoms with van der Waals surface area (Å²) in [6.07, 6.45) is 0.183. The molecule has 0 saturated carbocycles. The fraction of sp³-hybridized carbons (Fsp3) is 0.500. The second kappa shape index (κ2) is 5.22. The number of hydrogen-bond acceptors (Lipinski definition) is 7. The van der Waals surface area contributed by atoms with E-state index in [1.165, 1.54) is 0 Å². The largest absolute Gasteiger partial charge is 0.300 e. The number of nitrogens with one attached hydrogen (secondary N) is 1. The van der Waals surface area contributed by atoms with Crippen LogP contribution in [0.25, 0.3) is 0 Å². The summed E-state index contributed by atoms with van der Waals surface area (Å²) in [5, 5.41) is 10.6. The van der Waals surface area contributed by atoms with Gasteiger partial charge in [-0.15, -0.1) is 11.3 Å². The van der Waals surface area contributed by atoms with Crippen LogP contribution in [-0.2, 0) is 19.9 Å². The smallest absolute Gasteiger partial charge is 0.258 e. The van der Waals surface area contributed by atoms with Gasteiger partial charge in [0.05, 0.1) is 16.4 Å². The lowest BCUT2D eigenvalue weighted by Gasteiger charge is -2.09. The molecule has 1 fully saturated rings. The van der Waals surface area contributed by atoms with Crippen LogP contribution in [-0.4, -0.2) is 39.3 Å². The highest BCUT2D eigenvalue weighted by atomic mass is 35.5. The minimum absolute atomic E-state index is 0.0778. The average molecular weight is 361 g/mol. The second-order valence-electron chi connectivity index (χ2n) is 4.20. The molecule has 1 aliphatic heterocycles. The van der Waals surface area contributed by atoms with Crippen molar-refractivity contribution < 1.29 is 21.8 Å². The molecule has 0 aliphatic carbocycles. The molecule has 0 bridgehead atoms. The Morgan fingerprint density at radius 3 is 2.60 bits per heavy atom. The van der Waals surface area contributed by atoms with E-state index in [-0.39, 0.29) is 26.5 Å². The van der Waals surface area contributed by atoms with Gasteiger partial charge in [0.15, 0.2) is 14.2 Å². The van der Waals surface area contributed by atoms with E-state index < -0.39 is 36.5 Å². The Morgan fingerprint density at radius 1 is 1.50 bits per heavy atom. The molecule has 0 aromatic carbocycles. The summed E-state index contributed by atoms with van der Waals surface area (Å²) in [5.74, 6) is -0.348. The van der Waals surface area contributed by atoms with Gasteiger partial charge in [0.25, 0.3) is 15.7 Å². The SMILES string of the molecule is O=[N+]([O-])c1cc(S(=O)(=O)NC2CCS(=O)(=O)C2)sc1Cl. The van der Waals surface area contributed by atoms with Crippen molar-refractivity contribution >= 4 is 48.5 Å². The molecule has 0 spiro atoms. The number of sulfonamides is 1. The van der Waals surface area contributed by atoms with Crippen molar-refractivity contribution in [2.45, 2.75) is 16.7 Å². The molecule has 1 N–H and O–H groups in total. The maximum absolute atomic E-state index is 12.0. The molecule has 1 aromatic rings. The zero-order chi connectivity index (χ0) is 15.1. The zero-order valence-electron chi connectivity index (χ0n) is 9.78. The highest BCUT2D eigenvalue weighted by molar-refractivity contribution is 7.92. The number of rotatable bonds is 4. The lowest BCUT2D eigenvalue weighted by Crippen LogP contribution is -2.35. The monoisotopic (exact) mass is 360 g/mol. The summed E-state index contributed by atoms with van der Waals surface area (Å²) < 4.78 is 48.2. The quantitative estimate of drug-likeness (QED) is 0.625. The Morgan fingerprint density at radius 2 is 2.15 bits per heavy atom. The third-order valence-corrected chi connectivity index (χ3v) is 7.76. The van der Waals surface area contributed by atoms with Gasteiger partial charge in [0.2, 0.25) is 0 Å². The van der Waals surface area contributed by atoms with Gasteiger partial charge in [-0.2, -0.15) is 0 Å². The van der Waals surface area contributed by atoms with Crippen molar-refractivity contribution in [1.29, 1.82) is 0 Å². The first-order valence-electron chi connectivity index (χ1n) is 5.27. The van der Waals surface area contributed by atoms with Crippen LogP contribution < -0.4 is 4.72 Å². The van der Waals surface area contributed by atoms with Gasteiger partial charge in [-0.05, 0) is 6.42 Å². The van der Waals surface area contributed by atoms with Crippen molar-refractivity contribution in [3.63, 3.8) is 0 Å². The molecular weight excluding hydrogens is 352 g/mol. The number of nitro groups is 1. The van der Waals surface area contributed by atoms with Crippen LogP contribution in [0.4, 0.5) is 5.69 Å². The van der Waals surface area contributed by atoms with Crippen LogP contribution in [0.2, 0.25) is 4.34 Å². The molecule has 1 aliphatic rings. The van der Waals surface area contributed by atoms with Crippen LogP contribution in [0.5, 0.6) is 0 Å². The third-order valence-electron chi connectivity index (χ3n) is 2.66. The molecular formula is C8H9ClN2O6S3. The number of sulfone groups is 1. The minimum Gasteiger partial charge on any atom is -0.258 e. The molecule has 1 saturated heterocycles. The summed E-state index contributed by atoms with van der Waals surface area (Å²) in [7, 11) is -7.24. The van der Waals surface area contributed by atoms with E-state index >= 15 is 0 Å². The van der Waals surface area contributed by atoms with Gasteiger partial charge in [-0.3, -0.25) is 10.1 Å². The van der Waals surface area contributed by atoms with Crippen LogP contribution in [0, 0.1) is 10.1 Å². The number of hydrogen-bond donors (Lipinski definition) is 1. The van der Waals surface area contributed by atoms with E-state index in [9.17, 15) is 26.9 Å². The van der Waals surface area contributed by atoms with E-state index in [4.69, 9.17) is 11.6 Å². The van der Waals surface area contributed by atoms with Crippen LogP contribution in [0.1, 0.15) is 6.42 Å². The molecule has 1 aromatic heterocycles. The van der Waals surface area contributed by atoms with Crippen molar-refractivity contribution in [2.75, 3.05) is 11.5 Å². The summed E-state index contributed by atoms with van der Waals surface area (Å²) in [4.78, 5) is 9.85. The molecule has 8 nitrogen and oxygen atoms in total. The number of nitrogens with zero attached hydrogens (tertiary/aromatic N) is 1. The Bertz CT molecular complexity index is 753. The first-order valence-corrected chi connectivity index (χ1v) is 9.77. The van der Waals surface area contributed by atoms with Crippen molar-refractivity contribution in [2.24, 2.45) is 0 Å². The molecule has 2 heterocycles. The van der Waals surface area contributed by atoms with E-state index in [1.54, 1.807) is 0 Å². The molecule has 1 unspecified atom stereocenters. The first-order chi connectivity index (χ1) is 9.11. The van der Waals surface area contributed by atoms with Crippen LogP contribution in [0.15, 0.2) is 10.3 Å². The Hall–Kier alpha value is -0.750. The maximum atomic E-state index is 12.0. The molecule has 1 atom stereocenters. The van der Waals surface area contributed by atoms with Gasteiger partial charge in [-0.1, -0.05) is 11.6 Å². The van der Waals surface area contributed by atoms with Gasteiger partial charge < -0.3 is 0 Å². The average Bonchev–Trinajstić information content (AvgIpc) is 2.82. The van der Waals surface area contributed by atoms with E-state index in [1.807, 2.05) is 0 Å². The summed E-state index contributed by atoms with van der Waals surface area (Å²) in [5.41, 5.74) is -0.490. The highest BCUT2D eigenvalue weighted by Crippen LogP contribution is 2.36. The molecule has 112 valence electrons. The van der Waals surface area contributed by atoms with Crippen molar-refractivity contribution in [1.82, 2.24) is 4.72 Å². The predicted molar refractivity (Wildman–Crippen MR) is 73.4 cm³/mol. The Labute approximate surface area is 123 Å². The minimum atomic E-state index is -4.01. The normalized spacial score (nSPS) is 21.9. The van der Waals surface area contributed by atoms with Crippen LogP contribution >= 0.6 is 22.9 Å². The van der Waals surface area contributed by atoms with Crippen molar-refractivity contribution in [3.05, 3.63) is 20.5 Å². The lowest BCUT2D eigenvalue weighted by atomic mass is 10.3. The van der Waals surface area contributed by atoms with E-state index in [0.29, 0.717) is 11.3 Å². The number of thiophene rings is 1. The fourth-order valence-electron chi connectivity index (χ4n) is 1.76. The third kappa shape index (κ3) is 3.28. The zero-order valence-corrected chi connectivity index (χ0v) is 13.0. The molecule has 12 heteroatoms. The van der Waals surface area contributed by atoms with Crippen LogP contribution in [0.3, 0.4) is 0 Å². The summed E-state index contributed by atoms with van der Waals surface area (Å²) >= 11 is 6.15. The summed E-state index contributed by atoms with van der Waals surface area (Å²) in [6.45, 7) is 0. The van der Waals surface area contributed by atoms with E-state index in [2.05, 4.69) is 4.72 Å². The fourth-order valence-corrected chi connectivity index (χ4v) is 6.49. The standard InChI is InChI=1S/C8H9ClN2O6S3/c9-8-6(11(12)13)3-7(18-8)20(16,17)10-5-1-2-19(14,15)4-5/h3,5,10H,1-2,4H2.